The van der Waals surface area contributed by atoms with Crippen molar-refractivity contribution in [2.75, 3.05) is 18.5 Å². The summed E-state index contributed by atoms with van der Waals surface area (Å²) >= 11 is 0. The summed E-state index contributed by atoms with van der Waals surface area (Å²) in [6.07, 6.45) is 2.36. The predicted octanol–water partition coefficient (Wildman–Crippen LogP) is 4.39. The minimum atomic E-state index is -0.488. The Kier molecular flexibility index (Phi) is 6.07. The van der Waals surface area contributed by atoms with Crippen LogP contribution in [0.3, 0.4) is 0 Å². The van der Waals surface area contributed by atoms with Gasteiger partial charge in [-0.2, -0.15) is 0 Å². The molecule has 28 heavy (non-hydrogen) atoms. The first-order chi connectivity index (χ1) is 13.3. The van der Waals surface area contributed by atoms with Gasteiger partial charge in [-0.1, -0.05) is 30.3 Å². The van der Waals surface area contributed by atoms with E-state index in [1.807, 2.05) is 52.0 Å². The third kappa shape index (κ3) is 5.38. The van der Waals surface area contributed by atoms with Crippen LogP contribution in [0.25, 0.3) is 0 Å². The van der Waals surface area contributed by atoms with E-state index in [2.05, 4.69) is 22.4 Å². The maximum Gasteiger partial charge on any atom is 0.410 e. The van der Waals surface area contributed by atoms with E-state index in [4.69, 9.17) is 9.47 Å². The van der Waals surface area contributed by atoms with Crippen molar-refractivity contribution in [3.63, 3.8) is 0 Å². The molecular formula is C22H29N3O3. The average molecular weight is 383 g/mol. The van der Waals surface area contributed by atoms with Gasteiger partial charge in [0.05, 0.1) is 23.6 Å². The summed E-state index contributed by atoms with van der Waals surface area (Å²) < 4.78 is 11.4. The van der Waals surface area contributed by atoms with Gasteiger partial charge >= 0.3 is 6.09 Å². The molecule has 1 aliphatic rings. The fraction of sp³-hybridized carbons (Fsp3) is 0.455. The molecule has 0 unspecified atom stereocenters. The average Bonchev–Trinajstić information content (AvgIpc) is 2.60. The third-order valence-corrected chi connectivity index (χ3v) is 4.60. The molecule has 1 aromatic heterocycles. The Labute approximate surface area is 166 Å². The van der Waals surface area contributed by atoms with E-state index >= 15 is 0 Å². The molecule has 1 aliphatic heterocycles. The Morgan fingerprint density at radius 3 is 2.68 bits per heavy atom. The van der Waals surface area contributed by atoms with Crippen LogP contribution in [-0.2, 0) is 11.3 Å². The van der Waals surface area contributed by atoms with E-state index in [1.165, 1.54) is 5.56 Å². The molecule has 1 fully saturated rings. The summed E-state index contributed by atoms with van der Waals surface area (Å²) in [5, 5.41) is 3.41. The number of rotatable bonds is 6. The van der Waals surface area contributed by atoms with E-state index in [0.717, 1.165) is 24.3 Å². The number of aryl methyl sites for hydroxylation is 1. The van der Waals surface area contributed by atoms with Crippen LogP contribution < -0.4 is 10.1 Å². The monoisotopic (exact) mass is 383 g/mol. The molecule has 6 heteroatoms. The zero-order valence-electron chi connectivity index (χ0n) is 17.1. The van der Waals surface area contributed by atoms with Crippen molar-refractivity contribution in [1.29, 1.82) is 0 Å². The molecule has 0 aliphatic carbocycles. The zero-order chi connectivity index (χ0) is 20.1. The quantitative estimate of drug-likeness (QED) is 0.801. The third-order valence-electron chi connectivity index (χ3n) is 4.60. The Morgan fingerprint density at radius 1 is 1.29 bits per heavy atom. The summed E-state index contributed by atoms with van der Waals surface area (Å²) in [5.74, 6) is 0.692. The van der Waals surface area contributed by atoms with Gasteiger partial charge in [0.2, 0.25) is 0 Å². The molecule has 6 nitrogen and oxygen atoms in total. The first kappa shape index (κ1) is 20.0. The summed E-state index contributed by atoms with van der Waals surface area (Å²) in [6.45, 7) is 9.45. The molecular weight excluding hydrogens is 354 g/mol. The molecule has 0 saturated carbocycles. The smallest absolute Gasteiger partial charge is 0.410 e. The molecule has 3 rings (SSSR count). The van der Waals surface area contributed by atoms with Gasteiger partial charge in [0.1, 0.15) is 18.0 Å². The lowest BCUT2D eigenvalue weighted by molar-refractivity contribution is -0.0141. The number of likely N-dealkylation sites (tertiary alicyclic amines) is 1. The number of carbonyl (C=O) groups excluding carboxylic acids is 1. The van der Waals surface area contributed by atoms with Crippen LogP contribution in [0.15, 0.2) is 42.6 Å². The number of hydrogen-bond acceptors (Lipinski definition) is 5. The van der Waals surface area contributed by atoms with Crippen LogP contribution in [0.2, 0.25) is 0 Å². The second-order valence-electron chi connectivity index (χ2n) is 8.07. The van der Waals surface area contributed by atoms with Crippen LogP contribution >= 0.6 is 0 Å². The lowest BCUT2D eigenvalue weighted by atomic mass is 10.1. The number of ether oxygens (including phenoxy) is 2. The Bertz CT molecular complexity index is 802. The van der Waals surface area contributed by atoms with Crippen molar-refractivity contribution >= 4 is 11.8 Å². The molecule has 1 amide bonds. The summed E-state index contributed by atoms with van der Waals surface area (Å²) in [6, 6.07) is 12.2. The zero-order valence-corrected chi connectivity index (χ0v) is 17.1. The van der Waals surface area contributed by atoms with E-state index in [9.17, 15) is 4.79 Å². The molecule has 0 spiro atoms. The highest BCUT2D eigenvalue weighted by Gasteiger charge is 2.35. The number of hydrogen-bond donors (Lipinski definition) is 1. The van der Waals surface area contributed by atoms with Crippen molar-refractivity contribution in [3.05, 3.63) is 53.9 Å². The number of anilines is 1. The fourth-order valence-electron chi connectivity index (χ4n) is 2.93. The van der Waals surface area contributed by atoms with Gasteiger partial charge in [-0.15, -0.1) is 0 Å². The molecule has 1 N–H and O–H groups in total. The highest BCUT2D eigenvalue weighted by molar-refractivity contribution is 5.69. The van der Waals surface area contributed by atoms with Crippen LogP contribution in [0.1, 0.15) is 38.4 Å². The van der Waals surface area contributed by atoms with Crippen LogP contribution in [-0.4, -0.2) is 40.8 Å². The predicted molar refractivity (Wildman–Crippen MR) is 110 cm³/mol. The molecule has 1 saturated heterocycles. The number of carbonyl (C=O) groups is 1. The number of benzene rings is 1. The van der Waals surface area contributed by atoms with Crippen molar-refractivity contribution in [2.45, 2.75) is 52.3 Å². The van der Waals surface area contributed by atoms with E-state index in [1.54, 1.807) is 11.1 Å². The number of nitrogens with one attached hydrogen (secondary N) is 1. The number of pyridine rings is 1. The molecule has 1 aromatic carbocycles. The molecule has 1 atom stereocenters. The number of amides is 1. The molecule has 0 bridgehead atoms. The Balaban J connectivity index is 1.54. The van der Waals surface area contributed by atoms with Gasteiger partial charge in [0.25, 0.3) is 0 Å². The van der Waals surface area contributed by atoms with Crippen LogP contribution in [0, 0.1) is 6.92 Å². The molecule has 150 valence electrons. The summed E-state index contributed by atoms with van der Waals surface area (Å²) in [4.78, 5) is 18.4. The van der Waals surface area contributed by atoms with Gasteiger partial charge in [-0.05, 0) is 39.7 Å². The lowest BCUT2D eigenvalue weighted by Gasteiger charge is -2.41. The second kappa shape index (κ2) is 8.50. The Hall–Kier alpha value is -2.76. The topological polar surface area (TPSA) is 63.7 Å². The number of aromatic nitrogens is 1. The van der Waals surface area contributed by atoms with Gasteiger partial charge in [-0.25, -0.2) is 4.79 Å². The molecule has 2 aromatic rings. The van der Waals surface area contributed by atoms with E-state index < -0.39 is 5.60 Å². The van der Waals surface area contributed by atoms with Crippen LogP contribution in [0.5, 0.6) is 5.75 Å². The maximum absolute atomic E-state index is 12.2. The van der Waals surface area contributed by atoms with Gasteiger partial charge in [0.15, 0.2) is 0 Å². The van der Waals surface area contributed by atoms with Gasteiger partial charge in [0, 0.05) is 19.2 Å². The normalized spacial score (nSPS) is 16.3. The van der Waals surface area contributed by atoms with Crippen LogP contribution in [0.4, 0.5) is 10.5 Å². The minimum Gasteiger partial charge on any atom is -0.490 e. The largest absolute Gasteiger partial charge is 0.490 e. The lowest BCUT2D eigenvalue weighted by Crippen LogP contribution is -2.55. The highest BCUT2D eigenvalue weighted by atomic mass is 16.6. The first-order valence-corrected chi connectivity index (χ1v) is 9.69. The van der Waals surface area contributed by atoms with Crippen molar-refractivity contribution in [1.82, 2.24) is 9.88 Å². The van der Waals surface area contributed by atoms with Gasteiger partial charge < -0.3 is 19.7 Å². The van der Waals surface area contributed by atoms with E-state index in [0.29, 0.717) is 18.9 Å². The Morgan fingerprint density at radius 2 is 2.04 bits per heavy atom. The highest BCUT2D eigenvalue weighted by Crippen LogP contribution is 2.24. The van der Waals surface area contributed by atoms with Gasteiger partial charge in [-0.3, -0.25) is 4.98 Å². The maximum atomic E-state index is 12.2. The summed E-state index contributed by atoms with van der Waals surface area (Å²) in [7, 11) is 0. The first-order valence-electron chi connectivity index (χ1n) is 9.69. The van der Waals surface area contributed by atoms with Crippen molar-refractivity contribution in [2.24, 2.45) is 0 Å². The summed E-state index contributed by atoms with van der Waals surface area (Å²) in [5.41, 5.74) is 2.58. The van der Waals surface area contributed by atoms with Crippen molar-refractivity contribution in [3.8, 4) is 5.75 Å². The van der Waals surface area contributed by atoms with Crippen molar-refractivity contribution < 1.29 is 14.3 Å². The molecule has 2 heterocycles. The van der Waals surface area contributed by atoms with E-state index in [-0.39, 0.29) is 12.1 Å². The second-order valence-corrected chi connectivity index (χ2v) is 8.07. The standard InChI is InChI=1S/C22H29N3O3/c1-16-20(24-13-17-8-6-5-7-9-17)12-19(14-23-16)27-15-18-10-11-25(18)21(26)28-22(2,3)4/h5-9,12,14,18,24H,10-11,13,15H2,1-4H3/t18-/m0/s1. The fourth-order valence-corrected chi connectivity index (χ4v) is 2.93. The minimum absolute atomic E-state index is 0.0388. The SMILES string of the molecule is Cc1ncc(OC[C@@H]2CCN2C(=O)OC(C)(C)C)cc1NCc1ccccc1. The number of nitrogens with zero attached hydrogens (tertiary/aromatic N) is 2. The molecule has 0 radical (unpaired) electrons.